The molecule has 2 nitrogen and oxygen atoms in total. The van der Waals surface area contributed by atoms with Gasteiger partial charge in [-0.25, -0.2) is 0 Å². The maximum atomic E-state index is 5.64. The third-order valence-corrected chi connectivity index (χ3v) is 4.48. The molecule has 1 unspecified atom stereocenters. The van der Waals surface area contributed by atoms with E-state index >= 15 is 0 Å². The van der Waals surface area contributed by atoms with Crippen molar-refractivity contribution in [3.63, 3.8) is 0 Å². The van der Waals surface area contributed by atoms with E-state index in [0.29, 0.717) is 12.1 Å². The maximum Gasteiger partial charge on any atom is 0.0580 e. The normalized spacial score (nSPS) is 23.3. The molecule has 20 heavy (non-hydrogen) atoms. The zero-order valence-electron chi connectivity index (χ0n) is 13.0. The van der Waals surface area contributed by atoms with Gasteiger partial charge in [0.05, 0.1) is 6.10 Å². The third-order valence-electron chi connectivity index (χ3n) is 4.48. The molecule has 0 bridgehead atoms. The summed E-state index contributed by atoms with van der Waals surface area (Å²) < 4.78 is 5.64. The van der Waals surface area contributed by atoms with Crippen LogP contribution in [0.15, 0.2) is 30.3 Å². The van der Waals surface area contributed by atoms with Crippen LogP contribution in [0.2, 0.25) is 0 Å². The van der Waals surface area contributed by atoms with Gasteiger partial charge < -0.3 is 10.1 Å². The molecule has 0 heterocycles. The number of hydrogen-bond acceptors (Lipinski definition) is 2. The Hall–Kier alpha value is -0.860. The van der Waals surface area contributed by atoms with Gasteiger partial charge >= 0.3 is 0 Å². The molecule has 0 aliphatic heterocycles. The average molecular weight is 275 g/mol. The molecular weight excluding hydrogens is 246 g/mol. The molecule has 2 heteroatoms. The number of ether oxygens (including phenoxy) is 1. The topological polar surface area (TPSA) is 21.3 Å². The Morgan fingerprint density at radius 3 is 2.65 bits per heavy atom. The van der Waals surface area contributed by atoms with Crippen LogP contribution in [-0.2, 0) is 11.2 Å². The van der Waals surface area contributed by atoms with E-state index in [1.54, 1.807) is 0 Å². The van der Waals surface area contributed by atoms with Crippen molar-refractivity contribution in [3.05, 3.63) is 35.9 Å². The lowest BCUT2D eigenvalue weighted by atomic mass is 9.77. The van der Waals surface area contributed by atoms with Gasteiger partial charge in [-0.15, -0.1) is 0 Å². The van der Waals surface area contributed by atoms with Crippen LogP contribution in [0.5, 0.6) is 0 Å². The molecule has 1 aliphatic carbocycles. The molecule has 0 spiro atoms. The Balaban J connectivity index is 1.61. The Morgan fingerprint density at radius 2 is 2.00 bits per heavy atom. The van der Waals surface area contributed by atoms with Crippen LogP contribution in [0, 0.1) is 5.92 Å². The van der Waals surface area contributed by atoms with Crippen molar-refractivity contribution in [2.24, 2.45) is 5.92 Å². The Kier molecular flexibility index (Phi) is 6.55. The summed E-state index contributed by atoms with van der Waals surface area (Å²) in [6.07, 6.45) is 8.15. The van der Waals surface area contributed by atoms with Crippen molar-refractivity contribution < 1.29 is 4.74 Å². The second kappa shape index (κ2) is 8.43. The molecule has 1 saturated carbocycles. The van der Waals surface area contributed by atoms with Crippen LogP contribution >= 0.6 is 0 Å². The number of benzene rings is 1. The van der Waals surface area contributed by atoms with Crippen molar-refractivity contribution >= 4 is 0 Å². The Bertz CT molecular complexity index is 359. The van der Waals surface area contributed by atoms with Crippen LogP contribution < -0.4 is 5.32 Å². The molecule has 0 saturated heterocycles. The first kappa shape index (κ1) is 15.5. The largest absolute Gasteiger partial charge is 0.378 e. The fraction of sp³-hybridized carbons (Fsp3) is 0.667. The van der Waals surface area contributed by atoms with Crippen molar-refractivity contribution in [2.45, 2.75) is 57.6 Å². The van der Waals surface area contributed by atoms with E-state index < -0.39 is 0 Å². The first-order valence-electron chi connectivity index (χ1n) is 8.14. The lowest BCUT2D eigenvalue weighted by Gasteiger charge is -2.37. The third kappa shape index (κ3) is 4.92. The summed E-state index contributed by atoms with van der Waals surface area (Å²) in [6, 6.07) is 11.5. The SMILES string of the molecule is CCOC1CC(CC(CCCc2ccccc2)NC)C1. The standard InChI is InChI=1S/C18H29NO/c1-3-20-18-13-16(14-18)12-17(19-2)11-7-10-15-8-5-4-6-9-15/h4-6,8-9,16-19H,3,7,10-14H2,1-2H3. The van der Waals surface area contributed by atoms with Crippen LogP contribution in [0.4, 0.5) is 0 Å². The summed E-state index contributed by atoms with van der Waals surface area (Å²) >= 11 is 0. The first-order chi connectivity index (χ1) is 9.81. The molecule has 0 amide bonds. The fourth-order valence-corrected chi connectivity index (χ4v) is 3.22. The molecule has 1 aromatic rings. The average Bonchev–Trinajstić information content (AvgIpc) is 2.44. The fourth-order valence-electron chi connectivity index (χ4n) is 3.22. The lowest BCUT2D eigenvalue weighted by Crippen LogP contribution is -2.37. The second-order valence-electron chi connectivity index (χ2n) is 6.01. The molecule has 2 rings (SSSR count). The minimum absolute atomic E-state index is 0.548. The predicted molar refractivity (Wildman–Crippen MR) is 85.0 cm³/mol. The monoisotopic (exact) mass is 275 g/mol. The summed E-state index contributed by atoms with van der Waals surface area (Å²) in [5.74, 6) is 0.876. The number of rotatable bonds is 9. The Labute approximate surface area is 123 Å². The lowest BCUT2D eigenvalue weighted by molar-refractivity contribution is -0.0291. The quantitative estimate of drug-likeness (QED) is 0.740. The molecule has 0 aromatic heterocycles. The summed E-state index contributed by atoms with van der Waals surface area (Å²) in [4.78, 5) is 0. The van der Waals surface area contributed by atoms with E-state index in [1.807, 2.05) is 0 Å². The first-order valence-corrected chi connectivity index (χ1v) is 8.14. The minimum atomic E-state index is 0.548. The summed E-state index contributed by atoms with van der Waals surface area (Å²) in [5, 5.41) is 3.49. The van der Waals surface area contributed by atoms with Gasteiger partial charge in [-0.1, -0.05) is 30.3 Å². The van der Waals surface area contributed by atoms with Crippen molar-refractivity contribution in [2.75, 3.05) is 13.7 Å². The second-order valence-corrected chi connectivity index (χ2v) is 6.01. The van der Waals surface area contributed by atoms with Gasteiger partial charge in [0.25, 0.3) is 0 Å². The molecule has 1 N–H and O–H groups in total. The van der Waals surface area contributed by atoms with Crippen LogP contribution in [-0.4, -0.2) is 25.8 Å². The van der Waals surface area contributed by atoms with E-state index in [0.717, 1.165) is 12.5 Å². The predicted octanol–water partition coefficient (Wildman–Crippen LogP) is 3.80. The molecule has 1 fully saturated rings. The van der Waals surface area contributed by atoms with Gasteiger partial charge in [0.15, 0.2) is 0 Å². The minimum Gasteiger partial charge on any atom is -0.378 e. The summed E-state index contributed by atoms with van der Waals surface area (Å²) in [5.41, 5.74) is 1.46. The van der Waals surface area contributed by atoms with Gasteiger partial charge in [-0.2, -0.15) is 0 Å². The summed E-state index contributed by atoms with van der Waals surface area (Å²) in [7, 11) is 2.10. The number of nitrogens with one attached hydrogen (secondary N) is 1. The zero-order valence-corrected chi connectivity index (χ0v) is 13.0. The van der Waals surface area contributed by atoms with E-state index in [4.69, 9.17) is 4.74 Å². The van der Waals surface area contributed by atoms with Crippen LogP contribution in [0.1, 0.15) is 44.6 Å². The molecule has 1 atom stereocenters. The highest BCUT2D eigenvalue weighted by Gasteiger charge is 2.30. The van der Waals surface area contributed by atoms with Crippen molar-refractivity contribution in [1.82, 2.24) is 5.32 Å². The van der Waals surface area contributed by atoms with Gasteiger partial charge in [-0.3, -0.25) is 0 Å². The number of aryl methyl sites for hydroxylation is 1. The zero-order chi connectivity index (χ0) is 14.2. The Morgan fingerprint density at radius 1 is 1.25 bits per heavy atom. The van der Waals surface area contributed by atoms with Crippen LogP contribution in [0.3, 0.4) is 0 Å². The molecule has 1 aromatic carbocycles. The van der Waals surface area contributed by atoms with E-state index in [-0.39, 0.29) is 0 Å². The molecule has 1 aliphatic rings. The van der Waals surface area contributed by atoms with E-state index in [2.05, 4.69) is 49.6 Å². The maximum absolute atomic E-state index is 5.64. The van der Waals surface area contributed by atoms with Crippen LogP contribution in [0.25, 0.3) is 0 Å². The highest BCUT2D eigenvalue weighted by molar-refractivity contribution is 5.14. The van der Waals surface area contributed by atoms with Crippen molar-refractivity contribution in [1.29, 1.82) is 0 Å². The van der Waals surface area contributed by atoms with Gasteiger partial charge in [0, 0.05) is 12.6 Å². The van der Waals surface area contributed by atoms with E-state index in [1.165, 1.54) is 44.1 Å². The molecule has 0 radical (unpaired) electrons. The molecular formula is C18H29NO. The number of hydrogen-bond donors (Lipinski definition) is 1. The molecule has 112 valence electrons. The summed E-state index contributed by atoms with van der Waals surface area (Å²) in [6.45, 7) is 2.96. The van der Waals surface area contributed by atoms with Gasteiger partial charge in [-0.05, 0) is 64.0 Å². The highest BCUT2D eigenvalue weighted by Crippen LogP contribution is 2.34. The van der Waals surface area contributed by atoms with Crippen molar-refractivity contribution in [3.8, 4) is 0 Å². The van der Waals surface area contributed by atoms with Gasteiger partial charge in [0.1, 0.15) is 0 Å². The smallest absolute Gasteiger partial charge is 0.0580 e. The van der Waals surface area contributed by atoms with E-state index in [9.17, 15) is 0 Å². The van der Waals surface area contributed by atoms with Gasteiger partial charge in [0.2, 0.25) is 0 Å². The highest BCUT2D eigenvalue weighted by atomic mass is 16.5.